The van der Waals surface area contributed by atoms with E-state index in [4.69, 9.17) is 0 Å². The number of amides is 1. The first kappa shape index (κ1) is 24.8. The van der Waals surface area contributed by atoms with E-state index in [1.165, 1.54) is 0 Å². The predicted molar refractivity (Wildman–Crippen MR) is 124 cm³/mol. The Morgan fingerprint density at radius 3 is 2.63 bits per heavy atom. The van der Waals surface area contributed by atoms with Crippen LogP contribution in [0.15, 0.2) is 71.6 Å². The molecular weight excluding hydrogens is 372 g/mol. The standard InChI is InChI=1S/C25H32N4O/c1-8-10-11-20(9-2)19(5)14-22(16-28-18(3)4)29-24(30)23-15-21(12-13-27-23)25(6,7)17-26/h8-16,18-19H,2H2,1,3-7H3,(H,29,30)/b10-8-,20-11+,22-14+,28-16-. The van der Waals surface area contributed by atoms with Gasteiger partial charge in [0, 0.05) is 24.4 Å². The van der Waals surface area contributed by atoms with Gasteiger partial charge in [0.2, 0.25) is 0 Å². The van der Waals surface area contributed by atoms with Crippen molar-refractivity contribution in [2.45, 2.75) is 53.0 Å². The topological polar surface area (TPSA) is 78.1 Å². The fourth-order valence-corrected chi connectivity index (χ4v) is 2.53. The van der Waals surface area contributed by atoms with Crippen LogP contribution in [0.3, 0.4) is 0 Å². The maximum Gasteiger partial charge on any atom is 0.274 e. The molecule has 158 valence electrons. The van der Waals surface area contributed by atoms with Crippen LogP contribution in [0.2, 0.25) is 0 Å². The van der Waals surface area contributed by atoms with E-state index in [0.717, 1.165) is 11.1 Å². The van der Waals surface area contributed by atoms with E-state index >= 15 is 0 Å². The number of aromatic nitrogens is 1. The minimum absolute atomic E-state index is 0.0180. The number of carbonyl (C=O) groups excluding carboxylic acids is 1. The van der Waals surface area contributed by atoms with Crippen LogP contribution in [0.5, 0.6) is 0 Å². The molecule has 0 saturated carbocycles. The summed E-state index contributed by atoms with van der Waals surface area (Å²) >= 11 is 0. The Morgan fingerprint density at radius 2 is 2.07 bits per heavy atom. The Morgan fingerprint density at radius 1 is 1.37 bits per heavy atom. The quantitative estimate of drug-likeness (QED) is 0.448. The average Bonchev–Trinajstić information content (AvgIpc) is 2.72. The molecule has 1 amide bonds. The molecular formula is C25H32N4O. The SMILES string of the molecule is C=C/C(=C\C=C/C)C(C)/C=C(\C=N/C(C)C)NC(=O)c1cc(C(C)(C)C#N)ccn1. The fourth-order valence-electron chi connectivity index (χ4n) is 2.53. The van der Waals surface area contributed by atoms with Gasteiger partial charge < -0.3 is 5.32 Å². The summed E-state index contributed by atoms with van der Waals surface area (Å²) in [6, 6.07) is 5.74. The van der Waals surface area contributed by atoms with Crippen LogP contribution in [-0.2, 0) is 5.41 Å². The highest BCUT2D eigenvalue weighted by atomic mass is 16.1. The van der Waals surface area contributed by atoms with Crippen LogP contribution in [0.4, 0.5) is 0 Å². The molecule has 1 atom stereocenters. The van der Waals surface area contributed by atoms with E-state index in [2.05, 4.69) is 27.9 Å². The molecule has 0 bridgehead atoms. The summed E-state index contributed by atoms with van der Waals surface area (Å²) in [5.74, 6) is -0.332. The van der Waals surface area contributed by atoms with Gasteiger partial charge in [0.15, 0.2) is 0 Å². The summed E-state index contributed by atoms with van der Waals surface area (Å²) in [5.41, 5.74) is 1.89. The lowest BCUT2D eigenvalue weighted by Crippen LogP contribution is -2.26. The molecule has 1 heterocycles. The number of hydrogen-bond donors (Lipinski definition) is 1. The molecule has 1 aromatic heterocycles. The number of nitriles is 1. The third-order valence-corrected chi connectivity index (χ3v) is 4.44. The summed E-state index contributed by atoms with van der Waals surface area (Å²) in [6.07, 6.45) is 12.8. The van der Waals surface area contributed by atoms with E-state index in [9.17, 15) is 10.1 Å². The number of hydrogen-bond acceptors (Lipinski definition) is 4. The predicted octanol–water partition coefficient (Wildman–Crippen LogP) is 5.30. The van der Waals surface area contributed by atoms with Gasteiger partial charge in [-0.1, -0.05) is 43.9 Å². The Kier molecular flexibility index (Phi) is 9.64. The zero-order valence-electron chi connectivity index (χ0n) is 18.8. The lowest BCUT2D eigenvalue weighted by atomic mass is 9.86. The number of rotatable bonds is 9. The van der Waals surface area contributed by atoms with Crippen LogP contribution in [0, 0.1) is 17.2 Å². The molecule has 1 N–H and O–H groups in total. The Balaban J connectivity index is 3.23. The minimum Gasteiger partial charge on any atom is -0.320 e. The zero-order chi connectivity index (χ0) is 22.7. The Hall–Kier alpha value is -3.26. The molecule has 0 aliphatic carbocycles. The second kappa shape index (κ2) is 11.7. The van der Waals surface area contributed by atoms with Gasteiger partial charge in [-0.15, -0.1) is 0 Å². The third-order valence-electron chi connectivity index (χ3n) is 4.44. The summed E-state index contributed by atoms with van der Waals surface area (Å²) in [4.78, 5) is 21.4. The van der Waals surface area contributed by atoms with Crippen molar-refractivity contribution in [1.29, 1.82) is 5.26 Å². The molecule has 0 radical (unpaired) electrons. The minimum atomic E-state index is -0.708. The smallest absolute Gasteiger partial charge is 0.274 e. The number of aliphatic imine (C=N–C) groups is 1. The highest BCUT2D eigenvalue weighted by Crippen LogP contribution is 2.22. The first-order chi connectivity index (χ1) is 14.1. The van der Waals surface area contributed by atoms with Crippen molar-refractivity contribution in [3.63, 3.8) is 0 Å². The van der Waals surface area contributed by atoms with Crippen LogP contribution in [-0.4, -0.2) is 23.1 Å². The number of pyridine rings is 1. The Bertz CT molecular complexity index is 911. The molecule has 5 nitrogen and oxygen atoms in total. The number of nitrogens with zero attached hydrogens (tertiary/aromatic N) is 3. The van der Waals surface area contributed by atoms with Crippen molar-refractivity contribution >= 4 is 12.1 Å². The first-order valence-corrected chi connectivity index (χ1v) is 10.0. The number of nitrogens with one attached hydrogen (secondary N) is 1. The van der Waals surface area contributed by atoms with Crippen molar-refractivity contribution < 1.29 is 4.79 Å². The number of allylic oxidation sites excluding steroid dienone is 7. The highest BCUT2D eigenvalue weighted by Gasteiger charge is 2.21. The molecule has 1 unspecified atom stereocenters. The lowest BCUT2D eigenvalue weighted by Gasteiger charge is -2.16. The van der Waals surface area contributed by atoms with Crippen molar-refractivity contribution in [3.05, 3.63) is 77.8 Å². The molecule has 0 spiro atoms. The molecule has 0 fully saturated rings. The van der Waals surface area contributed by atoms with Gasteiger partial charge in [-0.2, -0.15) is 5.26 Å². The molecule has 0 aromatic carbocycles. The summed E-state index contributed by atoms with van der Waals surface area (Å²) in [5, 5.41) is 12.3. The summed E-state index contributed by atoms with van der Waals surface area (Å²) < 4.78 is 0. The summed E-state index contributed by atoms with van der Waals surface area (Å²) in [6.45, 7) is 15.4. The largest absolute Gasteiger partial charge is 0.320 e. The first-order valence-electron chi connectivity index (χ1n) is 10.0. The zero-order valence-corrected chi connectivity index (χ0v) is 18.8. The van der Waals surface area contributed by atoms with Gasteiger partial charge in [-0.25, -0.2) is 0 Å². The van der Waals surface area contributed by atoms with Crippen LogP contribution in [0.1, 0.15) is 57.6 Å². The van der Waals surface area contributed by atoms with Gasteiger partial charge in [0.05, 0.1) is 17.2 Å². The van der Waals surface area contributed by atoms with Crippen molar-refractivity contribution in [2.75, 3.05) is 0 Å². The van der Waals surface area contributed by atoms with Gasteiger partial charge in [-0.05, 0) is 57.9 Å². The van der Waals surface area contributed by atoms with Crippen LogP contribution in [0.25, 0.3) is 0 Å². The molecule has 1 rings (SSSR count). The monoisotopic (exact) mass is 404 g/mol. The lowest BCUT2D eigenvalue weighted by molar-refractivity contribution is 0.0963. The molecule has 5 heteroatoms. The molecule has 0 aliphatic rings. The molecule has 30 heavy (non-hydrogen) atoms. The van der Waals surface area contributed by atoms with Crippen molar-refractivity contribution in [3.8, 4) is 6.07 Å². The van der Waals surface area contributed by atoms with Gasteiger partial charge in [0.1, 0.15) is 5.69 Å². The fraction of sp³-hybridized carbons (Fsp3) is 0.360. The third kappa shape index (κ3) is 7.63. The van der Waals surface area contributed by atoms with E-state index in [-0.39, 0.29) is 23.6 Å². The number of carbonyl (C=O) groups is 1. The van der Waals surface area contributed by atoms with Gasteiger partial charge >= 0.3 is 0 Å². The van der Waals surface area contributed by atoms with E-state index in [1.807, 2.05) is 52.0 Å². The van der Waals surface area contributed by atoms with Crippen LogP contribution < -0.4 is 5.32 Å². The van der Waals surface area contributed by atoms with Gasteiger partial charge in [0.25, 0.3) is 5.91 Å². The second-order valence-electron chi connectivity index (χ2n) is 7.80. The normalized spacial score (nSPS) is 14.2. The van der Waals surface area contributed by atoms with Crippen LogP contribution >= 0.6 is 0 Å². The van der Waals surface area contributed by atoms with Crippen molar-refractivity contribution in [1.82, 2.24) is 10.3 Å². The average molecular weight is 405 g/mol. The second-order valence-corrected chi connectivity index (χ2v) is 7.80. The van der Waals surface area contributed by atoms with E-state index in [0.29, 0.717) is 5.70 Å². The molecule has 0 saturated heterocycles. The summed E-state index contributed by atoms with van der Waals surface area (Å²) in [7, 11) is 0. The van der Waals surface area contributed by atoms with E-state index in [1.54, 1.807) is 44.5 Å². The maximum absolute atomic E-state index is 12.9. The van der Waals surface area contributed by atoms with Gasteiger partial charge in [-0.3, -0.25) is 14.8 Å². The highest BCUT2D eigenvalue weighted by molar-refractivity contribution is 5.97. The molecule has 1 aromatic rings. The Labute approximate surface area is 180 Å². The molecule has 0 aliphatic heterocycles. The van der Waals surface area contributed by atoms with E-state index < -0.39 is 5.41 Å². The maximum atomic E-state index is 12.9. The van der Waals surface area contributed by atoms with Crippen molar-refractivity contribution in [2.24, 2.45) is 10.9 Å².